The summed E-state index contributed by atoms with van der Waals surface area (Å²) in [6.45, 7) is 6.18. The van der Waals surface area contributed by atoms with E-state index < -0.39 is 46.1 Å². The second kappa shape index (κ2) is 17.3. The molecule has 10 heteroatoms. The molecule has 0 radical (unpaired) electrons. The maximum atomic E-state index is 14.5. The molecule has 68 heavy (non-hydrogen) atoms. The van der Waals surface area contributed by atoms with Gasteiger partial charge in [0.15, 0.2) is 34.7 Å². The van der Waals surface area contributed by atoms with Gasteiger partial charge in [-0.2, -0.15) is 0 Å². The number of hydrogen-bond donors (Lipinski definition) is 0. The zero-order valence-corrected chi connectivity index (χ0v) is 40.9. The predicted molar refractivity (Wildman–Crippen MR) is 264 cm³/mol. The average Bonchev–Trinajstić information content (AvgIpc) is 4.15. The molecular formula is C58H50Br2O8. The Morgan fingerprint density at radius 3 is 0.956 bits per heavy atom. The molecule has 0 aromatic heterocycles. The Morgan fingerprint density at radius 2 is 0.662 bits per heavy atom. The van der Waals surface area contributed by atoms with Gasteiger partial charge in [0, 0.05) is 79.5 Å². The number of ketones is 4. The molecule has 6 aromatic rings. The topological polar surface area (TPSA) is 105 Å². The molecule has 0 unspecified atom stereocenters. The van der Waals surface area contributed by atoms with Crippen LogP contribution in [0.15, 0.2) is 167 Å². The highest BCUT2D eigenvalue weighted by Gasteiger charge is 2.72. The number of Topliss-reactive ketones (excluding diaryl/α,β-unsaturated/α-hetero) is 4. The highest BCUT2D eigenvalue weighted by atomic mass is 79.9. The number of carbonyl (C=O) groups excluding carboxylic acids is 4. The van der Waals surface area contributed by atoms with Crippen molar-refractivity contribution in [1.82, 2.24) is 0 Å². The quantitative estimate of drug-likeness (QED) is 0.161. The fraction of sp³-hybridized carbons (Fsp3) is 0.310. The summed E-state index contributed by atoms with van der Waals surface area (Å²) >= 11 is 7.05. The second-order valence-corrected chi connectivity index (χ2v) is 21.0. The van der Waals surface area contributed by atoms with Crippen LogP contribution in [0.5, 0.6) is 0 Å². The first-order chi connectivity index (χ1) is 33.0. The summed E-state index contributed by atoms with van der Waals surface area (Å²) < 4.78 is 27.2. The molecule has 2 aliphatic heterocycles. The van der Waals surface area contributed by atoms with E-state index in [2.05, 4.69) is 45.7 Å². The van der Waals surface area contributed by atoms with E-state index in [4.69, 9.17) is 18.9 Å². The Bertz CT molecular complexity index is 2650. The van der Waals surface area contributed by atoms with Gasteiger partial charge >= 0.3 is 0 Å². The van der Waals surface area contributed by atoms with Crippen LogP contribution in [-0.4, -0.2) is 61.1 Å². The van der Waals surface area contributed by atoms with E-state index >= 15 is 0 Å². The van der Waals surface area contributed by atoms with Crippen LogP contribution in [0.25, 0.3) is 0 Å². The minimum atomic E-state index is -1.27. The maximum Gasteiger partial charge on any atom is 0.178 e. The SMILES string of the molecule is C[C@@H]1[C@@H](c2ccccc2)C2(C(=O)c3ccccc3C2=O)[C@@H](c2ccc(Br)cc2)CC12OCCO2.C[C@@H]1[C@@H](c2ccccc2)C2(C(=O)c3ccccc3C2=O)[C@@H](c2ccc(Br)cc2)CC12OCCO2. The molecule has 2 saturated heterocycles. The van der Waals surface area contributed by atoms with Gasteiger partial charge < -0.3 is 18.9 Å². The normalized spacial score (nSPS) is 26.8. The zero-order valence-electron chi connectivity index (χ0n) is 37.7. The number of hydrogen-bond acceptors (Lipinski definition) is 8. The Hall–Kier alpha value is -5.20. The van der Waals surface area contributed by atoms with Crippen LogP contribution in [0.4, 0.5) is 0 Å². The molecule has 0 N–H and O–H groups in total. The molecule has 6 aliphatic rings. The number of rotatable bonds is 4. The van der Waals surface area contributed by atoms with Crippen molar-refractivity contribution in [2.45, 2.75) is 61.9 Å². The second-order valence-electron chi connectivity index (χ2n) is 19.1. The predicted octanol–water partition coefficient (Wildman–Crippen LogP) is 12.3. The maximum absolute atomic E-state index is 14.5. The molecule has 8 nitrogen and oxygen atoms in total. The summed E-state index contributed by atoms with van der Waals surface area (Å²) in [5.41, 5.74) is 3.37. The lowest BCUT2D eigenvalue weighted by Crippen LogP contribution is -2.59. The van der Waals surface area contributed by atoms with Gasteiger partial charge in [0.2, 0.25) is 0 Å². The molecule has 0 bridgehead atoms. The van der Waals surface area contributed by atoms with Crippen molar-refractivity contribution in [3.8, 4) is 0 Å². The first kappa shape index (κ1) is 45.3. The molecule has 2 saturated carbocycles. The van der Waals surface area contributed by atoms with E-state index in [0.29, 0.717) is 61.5 Å². The zero-order chi connectivity index (χ0) is 47.0. The van der Waals surface area contributed by atoms with Crippen LogP contribution < -0.4 is 0 Å². The van der Waals surface area contributed by atoms with Gasteiger partial charge in [0.05, 0.1) is 26.4 Å². The van der Waals surface area contributed by atoms with Gasteiger partial charge in [-0.15, -0.1) is 0 Å². The van der Waals surface area contributed by atoms with Crippen LogP contribution in [-0.2, 0) is 18.9 Å². The fourth-order valence-corrected chi connectivity index (χ4v) is 13.9. The fourth-order valence-electron chi connectivity index (χ4n) is 13.3. The van der Waals surface area contributed by atoms with Crippen LogP contribution in [0.3, 0.4) is 0 Å². The minimum absolute atomic E-state index is 0.0884. The van der Waals surface area contributed by atoms with E-state index in [1.165, 1.54) is 0 Å². The molecule has 6 atom stereocenters. The summed E-state index contributed by atoms with van der Waals surface area (Å²) in [5, 5.41) is 0. The molecule has 344 valence electrons. The average molecular weight is 1030 g/mol. The van der Waals surface area contributed by atoms with Crippen LogP contribution in [0, 0.1) is 22.7 Å². The van der Waals surface area contributed by atoms with E-state index in [0.717, 1.165) is 31.2 Å². The molecule has 0 amide bonds. The van der Waals surface area contributed by atoms with Crippen molar-refractivity contribution in [1.29, 1.82) is 0 Å². The largest absolute Gasteiger partial charge is 0.347 e. The highest BCUT2D eigenvalue weighted by Crippen LogP contribution is 2.68. The third kappa shape index (κ3) is 6.65. The van der Waals surface area contributed by atoms with Crippen molar-refractivity contribution in [2.24, 2.45) is 22.7 Å². The number of halogens is 2. The number of benzene rings is 6. The van der Waals surface area contributed by atoms with E-state index in [-0.39, 0.29) is 35.0 Å². The monoisotopic (exact) mass is 1030 g/mol. The molecular weight excluding hydrogens is 984 g/mol. The van der Waals surface area contributed by atoms with Gasteiger partial charge in [0.1, 0.15) is 10.8 Å². The van der Waals surface area contributed by atoms with Gasteiger partial charge in [-0.25, -0.2) is 0 Å². The summed E-state index contributed by atoms with van der Waals surface area (Å²) in [6.07, 6.45) is 0.898. The van der Waals surface area contributed by atoms with Crippen molar-refractivity contribution >= 4 is 55.0 Å². The molecule has 12 rings (SSSR count). The first-order valence-electron chi connectivity index (χ1n) is 23.5. The Morgan fingerprint density at radius 1 is 0.382 bits per heavy atom. The van der Waals surface area contributed by atoms with Gasteiger partial charge in [-0.05, 0) is 46.5 Å². The van der Waals surface area contributed by atoms with Gasteiger partial charge in [0.25, 0.3) is 0 Å². The summed E-state index contributed by atoms with van der Waals surface area (Å²) in [7, 11) is 0. The Balaban J connectivity index is 0.000000149. The minimum Gasteiger partial charge on any atom is -0.347 e. The lowest BCUT2D eigenvalue weighted by atomic mass is 9.49. The summed E-state index contributed by atoms with van der Waals surface area (Å²) in [4.78, 5) is 57.8. The lowest BCUT2D eigenvalue weighted by molar-refractivity contribution is -0.227. The van der Waals surface area contributed by atoms with E-state index in [1.54, 1.807) is 24.3 Å². The van der Waals surface area contributed by atoms with Crippen molar-refractivity contribution in [3.63, 3.8) is 0 Å². The smallest absolute Gasteiger partial charge is 0.178 e. The standard InChI is InChI=1S/2C29H25BrO4/c2*1-18-25(20-7-3-2-4-8-20)29(26(31)22-9-5-6-10-23(22)27(29)32)24(17-28(18)33-15-16-34-28)19-11-13-21(30)14-12-19/h2*2-14,18,24-25H,15-17H2,1H3/t2*18-,24-,25+/m11/s1. The summed E-state index contributed by atoms with van der Waals surface area (Å²) in [6, 6.07) is 50.4. The first-order valence-corrected chi connectivity index (χ1v) is 25.1. The Labute approximate surface area is 413 Å². The highest BCUT2D eigenvalue weighted by molar-refractivity contribution is 9.10. The van der Waals surface area contributed by atoms with E-state index in [9.17, 15) is 19.2 Å². The molecule has 4 aliphatic carbocycles. The van der Waals surface area contributed by atoms with Crippen molar-refractivity contribution < 1.29 is 38.1 Å². The lowest BCUT2D eigenvalue weighted by Gasteiger charge is -2.54. The number of carbonyl (C=O) groups is 4. The third-order valence-corrected chi connectivity index (χ3v) is 17.3. The third-order valence-electron chi connectivity index (χ3n) is 16.2. The molecule has 6 aromatic carbocycles. The molecule has 4 spiro atoms. The Kier molecular flexibility index (Phi) is 11.5. The number of fused-ring (bicyclic) bond motifs is 2. The molecule has 2 heterocycles. The van der Waals surface area contributed by atoms with Crippen molar-refractivity contribution in [2.75, 3.05) is 26.4 Å². The van der Waals surface area contributed by atoms with Gasteiger partial charge in [-0.3, -0.25) is 19.2 Å². The van der Waals surface area contributed by atoms with Crippen molar-refractivity contribution in [3.05, 3.63) is 211 Å². The van der Waals surface area contributed by atoms with Crippen LogP contribution in [0.1, 0.15) is 114 Å². The van der Waals surface area contributed by atoms with E-state index in [1.807, 2.05) is 133 Å². The van der Waals surface area contributed by atoms with Crippen LogP contribution >= 0.6 is 31.9 Å². The van der Waals surface area contributed by atoms with Crippen LogP contribution in [0.2, 0.25) is 0 Å². The molecule has 4 fully saturated rings. The summed E-state index contributed by atoms with van der Waals surface area (Å²) in [5.74, 6) is -4.05. The number of ether oxygens (including phenoxy) is 4. The van der Waals surface area contributed by atoms with Gasteiger partial charge in [-0.1, -0.05) is 179 Å².